The van der Waals surface area contributed by atoms with Gasteiger partial charge >= 0.3 is 0 Å². The quantitative estimate of drug-likeness (QED) is 0.619. The van der Waals surface area contributed by atoms with E-state index in [-0.39, 0.29) is 30.2 Å². The molecular weight excluding hydrogens is 206 g/mol. The summed E-state index contributed by atoms with van der Waals surface area (Å²) in [5.41, 5.74) is 5.06. The second kappa shape index (κ2) is 5.84. The van der Waals surface area contributed by atoms with Gasteiger partial charge in [-0.05, 0) is 26.7 Å². The summed E-state index contributed by atoms with van der Waals surface area (Å²) >= 11 is 0. The highest BCUT2D eigenvalue weighted by molar-refractivity contribution is 5.80. The molecule has 0 aromatic carbocycles. The van der Waals surface area contributed by atoms with Crippen molar-refractivity contribution in [3.05, 3.63) is 0 Å². The first-order valence-electron chi connectivity index (χ1n) is 5.81. The Kier molecular flexibility index (Phi) is 4.73. The Morgan fingerprint density at radius 2 is 2.19 bits per heavy atom. The maximum absolute atomic E-state index is 11.8. The van der Waals surface area contributed by atoms with Crippen LogP contribution in [-0.4, -0.2) is 30.4 Å². The minimum Gasteiger partial charge on any atom is -0.370 e. The third kappa shape index (κ3) is 4.18. The Labute approximate surface area is 96.1 Å². The molecule has 1 saturated heterocycles. The molecular formula is C11H21N3O2. The third-order valence-electron chi connectivity index (χ3n) is 2.93. The number of rotatable bonds is 4. The molecule has 16 heavy (non-hydrogen) atoms. The molecule has 1 fully saturated rings. The number of nitrogens with one attached hydrogen (secondary N) is 2. The molecule has 3 unspecified atom stereocenters. The number of carbonyl (C=O) groups is 2. The molecule has 1 rings (SSSR count). The first-order valence-corrected chi connectivity index (χ1v) is 5.81. The molecule has 5 nitrogen and oxygen atoms in total. The van der Waals surface area contributed by atoms with Crippen molar-refractivity contribution in [2.24, 2.45) is 11.7 Å². The highest BCUT2D eigenvalue weighted by Gasteiger charge is 2.24. The number of nitrogens with two attached hydrogens (primary N) is 1. The Hall–Kier alpha value is -1.10. The van der Waals surface area contributed by atoms with Gasteiger partial charge in [-0.2, -0.15) is 0 Å². The zero-order chi connectivity index (χ0) is 12.1. The monoisotopic (exact) mass is 227 g/mol. The van der Waals surface area contributed by atoms with E-state index >= 15 is 0 Å². The summed E-state index contributed by atoms with van der Waals surface area (Å²) in [4.78, 5) is 22.5. The zero-order valence-corrected chi connectivity index (χ0v) is 9.95. The molecule has 1 aliphatic heterocycles. The molecule has 5 heteroatoms. The molecule has 0 aliphatic carbocycles. The molecule has 4 N–H and O–H groups in total. The lowest BCUT2D eigenvalue weighted by Crippen LogP contribution is -2.46. The number of hydrogen-bond donors (Lipinski definition) is 3. The number of hydrogen-bond acceptors (Lipinski definition) is 3. The van der Waals surface area contributed by atoms with E-state index in [0.29, 0.717) is 6.04 Å². The third-order valence-corrected chi connectivity index (χ3v) is 2.93. The lowest BCUT2D eigenvalue weighted by molar-refractivity contribution is -0.126. The van der Waals surface area contributed by atoms with Gasteiger partial charge in [0.15, 0.2) is 0 Å². The topological polar surface area (TPSA) is 84.2 Å². The Morgan fingerprint density at radius 3 is 2.69 bits per heavy atom. The van der Waals surface area contributed by atoms with Gasteiger partial charge in [0, 0.05) is 25.0 Å². The maximum atomic E-state index is 11.8. The smallest absolute Gasteiger partial charge is 0.224 e. The van der Waals surface area contributed by atoms with E-state index in [9.17, 15) is 9.59 Å². The van der Waals surface area contributed by atoms with Crippen LogP contribution in [0.3, 0.4) is 0 Å². The summed E-state index contributed by atoms with van der Waals surface area (Å²) in [6.07, 6.45) is 2.12. The van der Waals surface area contributed by atoms with Crippen molar-refractivity contribution in [2.45, 2.75) is 45.2 Å². The predicted octanol–water partition coefficient (Wildman–Crippen LogP) is -0.245. The van der Waals surface area contributed by atoms with Crippen molar-refractivity contribution >= 4 is 11.8 Å². The van der Waals surface area contributed by atoms with Gasteiger partial charge in [-0.3, -0.25) is 9.59 Å². The fourth-order valence-electron chi connectivity index (χ4n) is 1.94. The van der Waals surface area contributed by atoms with Crippen LogP contribution in [0.5, 0.6) is 0 Å². The first-order chi connectivity index (χ1) is 7.49. The minimum atomic E-state index is -0.386. The molecule has 0 spiro atoms. The van der Waals surface area contributed by atoms with Gasteiger partial charge in [0.2, 0.25) is 11.8 Å². The Bertz CT molecular complexity index is 260. The van der Waals surface area contributed by atoms with Crippen LogP contribution in [0.4, 0.5) is 0 Å². The van der Waals surface area contributed by atoms with E-state index in [1.165, 1.54) is 0 Å². The zero-order valence-electron chi connectivity index (χ0n) is 9.95. The van der Waals surface area contributed by atoms with Crippen LogP contribution < -0.4 is 16.4 Å². The standard InChI is InChI=1S/C11H21N3O2/c1-7-3-4-9(6-13-7)11(16)14-8(2)5-10(12)15/h7-9,13H,3-6H2,1-2H3,(H2,12,15)(H,14,16). The lowest BCUT2D eigenvalue weighted by atomic mass is 9.94. The van der Waals surface area contributed by atoms with E-state index in [4.69, 9.17) is 5.73 Å². The number of carbonyl (C=O) groups excluding carboxylic acids is 2. The van der Waals surface area contributed by atoms with Crippen molar-refractivity contribution in [1.29, 1.82) is 0 Å². The van der Waals surface area contributed by atoms with Crippen molar-refractivity contribution in [3.8, 4) is 0 Å². The normalized spacial score (nSPS) is 27.1. The highest BCUT2D eigenvalue weighted by Crippen LogP contribution is 2.14. The second-order valence-corrected chi connectivity index (χ2v) is 4.66. The summed E-state index contributed by atoms with van der Waals surface area (Å²) in [5, 5.41) is 6.09. The predicted molar refractivity (Wildman–Crippen MR) is 61.6 cm³/mol. The van der Waals surface area contributed by atoms with Gasteiger partial charge in [-0.15, -0.1) is 0 Å². The van der Waals surface area contributed by atoms with Gasteiger partial charge in [-0.1, -0.05) is 0 Å². The molecule has 1 heterocycles. The van der Waals surface area contributed by atoms with E-state index in [1.807, 2.05) is 0 Å². The highest BCUT2D eigenvalue weighted by atomic mass is 16.2. The molecule has 92 valence electrons. The summed E-state index contributed by atoms with van der Waals surface area (Å²) < 4.78 is 0. The van der Waals surface area contributed by atoms with Gasteiger partial charge in [-0.25, -0.2) is 0 Å². The maximum Gasteiger partial charge on any atom is 0.224 e. The largest absolute Gasteiger partial charge is 0.370 e. The van der Waals surface area contributed by atoms with Crippen LogP contribution in [0.1, 0.15) is 33.1 Å². The molecule has 0 aromatic heterocycles. The van der Waals surface area contributed by atoms with Crippen molar-refractivity contribution in [1.82, 2.24) is 10.6 Å². The fourth-order valence-corrected chi connectivity index (χ4v) is 1.94. The van der Waals surface area contributed by atoms with Gasteiger partial charge in [0.05, 0.1) is 5.92 Å². The molecule has 0 aromatic rings. The number of amides is 2. The van der Waals surface area contributed by atoms with E-state index in [1.54, 1.807) is 6.92 Å². The van der Waals surface area contributed by atoms with E-state index in [2.05, 4.69) is 17.6 Å². The minimum absolute atomic E-state index is 0.0199. The van der Waals surface area contributed by atoms with Crippen LogP contribution in [0, 0.1) is 5.92 Å². The van der Waals surface area contributed by atoms with E-state index in [0.717, 1.165) is 19.4 Å². The Morgan fingerprint density at radius 1 is 1.50 bits per heavy atom. The fraction of sp³-hybridized carbons (Fsp3) is 0.818. The molecule has 0 radical (unpaired) electrons. The summed E-state index contributed by atoms with van der Waals surface area (Å²) in [6, 6.07) is 0.316. The van der Waals surface area contributed by atoms with Crippen LogP contribution in [0.15, 0.2) is 0 Å². The summed E-state index contributed by atoms with van der Waals surface area (Å²) in [5.74, 6) is -0.345. The van der Waals surface area contributed by atoms with Crippen LogP contribution in [-0.2, 0) is 9.59 Å². The number of primary amides is 1. The van der Waals surface area contributed by atoms with E-state index < -0.39 is 0 Å². The van der Waals surface area contributed by atoms with Crippen molar-refractivity contribution in [3.63, 3.8) is 0 Å². The molecule has 0 saturated carbocycles. The van der Waals surface area contributed by atoms with Gasteiger partial charge in [0.25, 0.3) is 0 Å². The second-order valence-electron chi connectivity index (χ2n) is 4.66. The Balaban J connectivity index is 2.32. The van der Waals surface area contributed by atoms with Crippen LogP contribution >= 0.6 is 0 Å². The van der Waals surface area contributed by atoms with Gasteiger partial charge in [0.1, 0.15) is 0 Å². The number of piperidine rings is 1. The summed E-state index contributed by atoms with van der Waals surface area (Å²) in [6.45, 7) is 4.63. The summed E-state index contributed by atoms with van der Waals surface area (Å²) in [7, 11) is 0. The van der Waals surface area contributed by atoms with Crippen LogP contribution in [0.25, 0.3) is 0 Å². The van der Waals surface area contributed by atoms with Crippen molar-refractivity contribution < 1.29 is 9.59 Å². The van der Waals surface area contributed by atoms with Crippen molar-refractivity contribution in [2.75, 3.05) is 6.54 Å². The molecule has 2 amide bonds. The van der Waals surface area contributed by atoms with Crippen LogP contribution in [0.2, 0.25) is 0 Å². The average Bonchev–Trinajstić information content (AvgIpc) is 2.16. The molecule has 3 atom stereocenters. The average molecular weight is 227 g/mol. The SMILES string of the molecule is CC1CCC(C(=O)NC(C)CC(N)=O)CN1. The first kappa shape index (κ1) is 13.0. The molecule has 0 bridgehead atoms. The lowest BCUT2D eigenvalue weighted by Gasteiger charge is -2.27. The molecule has 1 aliphatic rings. The van der Waals surface area contributed by atoms with Gasteiger partial charge < -0.3 is 16.4 Å².